The summed E-state index contributed by atoms with van der Waals surface area (Å²) in [7, 11) is 0. The van der Waals surface area contributed by atoms with Crippen LogP contribution in [-0.4, -0.2) is 24.1 Å². The van der Waals surface area contributed by atoms with E-state index in [1.165, 1.54) is 11.2 Å². The van der Waals surface area contributed by atoms with Crippen LogP contribution in [0.3, 0.4) is 0 Å². The topological polar surface area (TPSA) is 29.5 Å². The van der Waals surface area contributed by atoms with Crippen LogP contribution in [0.2, 0.25) is 0 Å². The summed E-state index contributed by atoms with van der Waals surface area (Å²) in [6.07, 6.45) is -1.77. The number of carbonyl (C=O) groups is 1. The molecule has 5 heteroatoms. The first kappa shape index (κ1) is 10.9. The summed E-state index contributed by atoms with van der Waals surface area (Å²) < 4.78 is 26.7. The molecule has 0 aromatic heterocycles. The fourth-order valence-corrected chi connectivity index (χ4v) is 0.629. The highest BCUT2D eigenvalue weighted by molar-refractivity contribution is 5.67. The number of amides is 1. The molecule has 0 aromatic rings. The van der Waals surface area contributed by atoms with Gasteiger partial charge in [0.25, 0.3) is 0 Å². The van der Waals surface area contributed by atoms with Crippen molar-refractivity contribution in [2.24, 2.45) is 0 Å². The van der Waals surface area contributed by atoms with E-state index in [-0.39, 0.29) is 0 Å². The number of ether oxygens (including phenoxy) is 1. The molecule has 0 saturated heterocycles. The predicted octanol–water partition coefficient (Wildman–Crippen LogP) is 2.01. The fraction of sp³-hybridized carbons (Fsp3) is 0.571. The molecule has 1 radical (unpaired) electrons. The monoisotopic (exact) mass is 178 g/mol. The lowest BCUT2D eigenvalue weighted by molar-refractivity contribution is 0.131. The van der Waals surface area contributed by atoms with Crippen LogP contribution in [0.5, 0.6) is 0 Å². The van der Waals surface area contributed by atoms with Crippen molar-refractivity contribution in [3.63, 3.8) is 0 Å². The molecule has 0 aliphatic rings. The fourth-order valence-electron chi connectivity index (χ4n) is 0.629. The summed E-state index contributed by atoms with van der Waals surface area (Å²) >= 11 is 0. The van der Waals surface area contributed by atoms with Crippen molar-refractivity contribution in [3.8, 4) is 0 Å². The minimum atomic E-state index is -2.14. The lowest BCUT2D eigenvalue weighted by Gasteiger charge is -2.15. The van der Waals surface area contributed by atoms with E-state index in [4.69, 9.17) is 0 Å². The third kappa shape index (κ3) is 3.90. The molecule has 0 fully saturated rings. The van der Waals surface area contributed by atoms with Gasteiger partial charge < -0.3 is 9.64 Å². The largest absolute Gasteiger partial charge is 0.415 e. The molecule has 1 amide bonds. The van der Waals surface area contributed by atoms with Gasteiger partial charge in [0, 0.05) is 13.1 Å². The Hall–Kier alpha value is -1.13. The Bertz CT molecular complexity index is 174. The Morgan fingerprint density at radius 2 is 1.92 bits per heavy atom. The molecule has 12 heavy (non-hydrogen) atoms. The van der Waals surface area contributed by atoms with Gasteiger partial charge in [-0.15, -0.1) is 0 Å². The molecule has 0 bridgehead atoms. The highest BCUT2D eigenvalue weighted by Gasteiger charge is 2.09. The van der Waals surface area contributed by atoms with Gasteiger partial charge in [0.05, 0.1) is 0 Å². The minimum Gasteiger partial charge on any atom is -0.400 e. The second-order valence-corrected chi connectivity index (χ2v) is 1.90. The number of nitrogens with zero attached hydrogens (tertiary/aromatic N) is 1. The van der Waals surface area contributed by atoms with Gasteiger partial charge in [-0.3, -0.25) is 0 Å². The summed E-state index contributed by atoms with van der Waals surface area (Å²) in [6.45, 7) is 4.29. The number of hydrogen-bond donors (Lipinski definition) is 0. The Morgan fingerprint density at radius 1 is 1.42 bits per heavy atom. The molecule has 0 atom stereocenters. The Kier molecular flexibility index (Phi) is 4.99. The van der Waals surface area contributed by atoms with Gasteiger partial charge in [-0.25, -0.2) is 4.79 Å². The van der Waals surface area contributed by atoms with Crippen LogP contribution in [0, 0.1) is 6.26 Å². The van der Waals surface area contributed by atoms with Crippen LogP contribution in [0.15, 0.2) is 6.08 Å². The van der Waals surface area contributed by atoms with E-state index in [2.05, 4.69) is 4.74 Å². The zero-order valence-electron chi connectivity index (χ0n) is 6.93. The number of halogens is 2. The van der Waals surface area contributed by atoms with Crippen molar-refractivity contribution in [1.29, 1.82) is 0 Å². The van der Waals surface area contributed by atoms with E-state index in [1.807, 2.05) is 0 Å². The van der Waals surface area contributed by atoms with Gasteiger partial charge in [0.1, 0.15) is 0 Å². The molecule has 0 saturated carbocycles. The van der Waals surface area contributed by atoms with E-state index in [0.717, 1.165) is 0 Å². The average molecular weight is 178 g/mol. The molecule has 0 rings (SSSR count). The maximum absolute atomic E-state index is 11.4. The first-order valence-electron chi connectivity index (χ1n) is 3.51. The molecule has 0 aliphatic heterocycles. The smallest absolute Gasteiger partial charge is 0.400 e. The Balaban J connectivity index is 3.93. The summed E-state index contributed by atoms with van der Waals surface area (Å²) in [6, 6.07) is 0. The third-order valence-corrected chi connectivity index (χ3v) is 1.24. The van der Waals surface area contributed by atoms with Crippen molar-refractivity contribution in [2.75, 3.05) is 13.1 Å². The quantitative estimate of drug-likeness (QED) is 0.618. The van der Waals surface area contributed by atoms with Gasteiger partial charge in [-0.05, 0) is 13.8 Å². The average Bonchev–Trinajstić information content (AvgIpc) is 2.03. The molecular formula is C7H10F2NO2. The number of rotatable bonds is 3. The van der Waals surface area contributed by atoms with E-state index in [0.29, 0.717) is 13.1 Å². The lowest BCUT2D eigenvalue weighted by atomic mass is 10.6. The summed E-state index contributed by atoms with van der Waals surface area (Å²) in [4.78, 5) is 12.1. The molecular weight excluding hydrogens is 168 g/mol. The molecule has 0 heterocycles. The standard InChI is InChI=1S/C7H10F2NO2/c1-3-10(4-2)7(11)12-5-6(8)9/h3-4H2,1-2H3. The first-order valence-corrected chi connectivity index (χ1v) is 3.51. The minimum absolute atomic E-state index is 0.422. The Labute approximate surface area is 69.6 Å². The second kappa shape index (κ2) is 5.51. The van der Waals surface area contributed by atoms with Crippen LogP contribution in [0.4, 0.5) is 13.6 Å². The van der Waals surface area contributed by atoms with Crippen LogP contribution < -0.4 is 0 Å². The maximum Gasteiger partial charge on any atom is 0.415 e. The predicted molar refractivity (Wildman–Crippen MR) is 38.4 cm³/mol. The van der Waals surface area contributed by atoms with Gasteiger partial charge in [-0.1, -0.05) is 0 Å². The van der Waals surface area contributed by atoms with E-state index in [1.54, 1.807) is 13.8 Å². The molecule has 0 N–H and O–H groups in total. The summed E-state index contributed by atoms with van der Waals surface area (Å²) in [5.41, 5.74) is 0. The van der Waals surface area contributed by atoms with Crippen molar-refractivity contribution in [3.05, 3.63) is 12.3 Å². The lowest BCUT2D eigenvalue weighted by Crippen LogP contribution is -2.30. The summed E-state index contributed by atoms with van der Waals surface area (Å²) in [5.74, 6) is 0. The zero-order valence-corrected chi connectivity index (χ0v) is 6.93. The van der Waals surface area contributed by atoms with Crippen molar-refractivity contribution in [1.82, 2.24) is 4.90 Å². The van der Waals surface area contributed by atoms with Crippen LogP contribution >= 0.6 is 0 Å². The molecule has 0 unspecified atom stereocenters. The summed E-state index contributed by atoms with van der Waals surface area (Å²) in [5, 5.41) is 0. The van der Waals surface area contributed by atoms with E-state index >= 15 is 0 Å². The first-order chi connectivity index (χ1) is 5.61. The third-order valence-electron chi connectivity index (χ3n) is 1.24. The molecule has 69 valence electrons. The van der Waals surface area contributed by atoms with Crippen molar-refractivity contribution >= 4 is 6.09 Å². The van der Waals surface area contributed by atoms with E-state index in [9.17, 15) is 13.6 Å². The van der Waals surface area contributed by atoms with Gasteiger partial charge in [0.2, 0.25) is 6.26 Å². The molecule has 0 spiro atoms. The SMILES string of the molecule is CCN(CC)C(=O)O[C]=C(F)F. The van der Waals surface area contributed by atoms with Crippen molar-refractivity contribution in [2.45, 2.75) is 13.8 Å². The zero-order chi connectivity index (χ0) is 9.56. The molecule has 0 aliphatic carbocycles. The van der Waals surface area contributed by atoms with Gasteiger partial charge in [0.15, 0.2) is 0 Å². The van der Waals surface area contributed by atoms with Gasteiger partial charge >= 0.3 is 12.2 Å². The number of carbonyl (C=O) groups excluding carboxylic acids is 1. The van der Waals surface area contributed by atoms with Crippen molar-refractivity contribution < 1.29 is 18.3 Å². The van der Waals surface area contributed by atoms with Crippen LogP contribution in [0.25, 0.3) is 0 Å². The molecule has 0 aromatic carbocycles. The van der Waals surface area contributed by atoms with Crippen LogP contribution in [0.1, 0.15) is 13.8 Å². The highest BCUT2D eigenvalue weighted by atomic mass is 19.3. The number of hydrogen-bond acceptors (Lipinski definition) is 2. The maximum atomic E-state index is 11.4. The molecule has 3 nitrogen and oxygen atoms in total. The highest BCUT2D eigenvalue weighted by Crippen LogP contribution is 1.98. The van der Waals surface area contributed by atoms with E-state index < -0.39 is 12.2 Å². The van der Waals surface area contributed by atoms with Gasteiger partial charge in [-0.2, -0.15) is 8.78 Å². The van der Waals surface area contributed by atoms with Crippen LogP contribution in [-0.2, 0) is 4.74 Å². The normalized spacial score (nSPS) is 9.00. The Morgan fingerprint density at radius 3 is 2.25 bits per heavy atom. The second-order valence-electron chi connectivity index (χ2n) is 1.90.